The number of hydrogen-bond donors (Lipinski definition) is 1. The first-order chi connectivity index (χ1) is 8.24. The maximum atomic E-state index is 12.2. The van der Waals surface area contributed by atoms with E-state index in [2.05, 4.69) is 13.5 Å². The predicted molar refractivity (Wildman–Crippen MR) is 67.9 cm³/mol. The van der Waals surface area contributed by atoms with E-state index in [4.69, 9.17) is 5.11 Å². The molecule has 4 nitrogen and oxygen atoms in total. The van der Waals surface area contributed by atoms with E-state index < -0.39 is 0 Å². The molecule has 0 spiro atoms. The van der Waals surface area contributed by atoms with E-state index in [1.54, 1.807) is 11.0 Å². The zero-order valence-corrected chi connectivity index (χ0v) is 10.3. The third-order valence-corrected chi connectivity index (χ3v) is 2.52. The normalized spacial score (nSPS) is 10.2. The van der Waals surface area contributed by atoms with Crippen LogP contribution in [-0.2, 0) is 6.54 Å². The van der Waals surface area contributed by atoms with Crippen molar-refractivity contribution in [1.29, 1.82) is 0 Å². The quantitative estimate of drug-likeness (QED) is 0.729. The second-order valence-corrected chi connectivity index (χ2v) is 3.85. The summed E-state index contributed by atoms with van der Waals surface area (Å²) in [6, 6.07) is 3.68. The lowest BCUT2D eigenvalue weighted by molar-refractivity contribution is 0.0732. The maximum absolute atomic E-state index is 12.2. The average molecular weight is 236 g/mol. The third-order valence-electron chi connectivity index (χ3n) is 2.52. The Kier molecular flexibility index (Phi) is 5.49. The molecule has 0 aliphatic rings. The second-order valence-electron chi connectivity index (χ2n) is 3.85. The van der Waals surface area contributed by atoms with Gasteiger partial charge in [0.1, 0.15) is 5.69 Å². The zero-order chi connectivity index (χ0) is 12.7. The largest absolute Gasteiger partial charge is 0.395 e. The van der Waals surface area contributed by atoms with E-state index in [0.717, 1.165) is 13.0 Å². The number of carbonyl (C=O) groups excluding carboxylic acids is 1. The summed E-state index contributed by atoms with van der Waals surface area (Å²) in [6.07, 6.45) is 4.55. The number of aliphatic hydroxyl groups is 1. The Morgan fingerprint density at radius 2 is 2.41 bits per heavy atom. The standard InChI is InChI=1S/C13H20N2O2/c1-3-7-14-9-5-6-12(14)13(17)15(8-4-2)10-11-16/h4-6,9,16H,2-3,7-8,10-11H2,1H3. The molecule has 1 amide bonds. The molecule has 0 radical (unpaired) electrons. The highest BCUT2D eigenvalue weighted by atomic mass is 16.3. The van der Waals surface area contributed by atoms with Crippen molar-refractivity contribution in [1.82, 2.24) is 9.47 Å². The van der Waals surface area contributed by atoms with Crippen LogP contribution in [0.4, 0.5) is 0 Å². The fraction of sp³-hybridized carbons (Fsp3) is 0.462. The van der Waals surface area contributed by atoms with Gasteiger partial charge in [-0.3, -0.25) is 4.79 Å². The van der Waals surface area contributed by atoms with Crippen LogP contribution in [0.25, 0.3) is 0 Å². The zero-order valence-electron chi connectivity index (χ0n) is 10.3. The van der Waals surface area contributed by atoms with Crippen LogP contribution in [0.1, 0.15) is 23.8 Å². The van der Waals surface area contributed by atoms with Crippen molar-refractivity contribution < 1.29 is 9.90 Å². The number of nitrogens with zero attached hydrogens (tertiary/aromatic N) is 2. The summed E-state index contributed by atoms with van der Waals surface area (Å²) in [6.45, 7) is 7.28. The maximum Gasteiger partial charge on any atom is 0.270 e. The molecule has 0 fully saturated rings. The van der Waals surface area contributed by atoms with Crippen LogP contribution in [-0.4, -0.2) is 40.2 Å². The van der Waals surface area contributed by atoms with Gasteiger partial charge in [-0.05, 0) is 18.6 Å². The number of aryl methyl sites for hydroxylation is 1. The number of amides is 1. The fourth-order valence-electron chi connectivity index (χ4n) is 1.76. The number of aromatic nitrogens is 1. The van der Waals surface area contributed by atoms with Crippen molar-refractivity contribution >= 4 is 5.91 Å². The molecule has 1 heterocycles. The first-order valence-electron chi connectivity index (χ1n) is 5.90. The van der Waals surface area contributed by atoms with Gasteiger partial charge in [0, 0.05) is 25.8 Å². The highest BCUT2D eigenvalue weighted by molar-refractivity contribution is 5.92. The summed E-state index contributed by atoms with van der Waals surface area (Å²) in [5.41, 5.74) is 0.669. The molecular formula is C13H20N2O2. The van der Waals surface area contributed by atoms with E-state index in [-0.39, 0.29) is 12.5 Å². The van der Waals surface area contributed by atoms with Crippen LogP contribution >= 0.6 is 0 Å². The molecule has 0 aromatic carbocycles. The number of hydrogen-bond acceptors (Lipinski definition) is 2. The van der Waals surface area contributed by atoms with Gasteiger partial charge >= 0.3 is 0 Å². The average Bonchev–Trinajstić information content (AvgIpc) is 2.77. The monoisotopic (exact) mass is 236 g/mol. The van der Waals surface area contributed by atoms with Gasteiger partial charge in [-0.25, -0.2) is 0 Å². The smallest absolute Gasteiger partial charge is 0.270 e. The predicted octanol–water partition coefficient (Wildman–Crippen LogP) is 1.52. The second kappa shape index (κ2) is 6.91. The van der Waals surface area contributed by atoms with Gasteiger partial charge in [-0.2, -0.15) is 0 Å². The minimum atomic E-state index is -0.0580. The van der Waals surface area contributed by atoms with E-state index >= 15 is 0 Å². The molecule has 0 saturated carbocycles. The van der Waals surface area contributed by atoms with Crippen molar-refractivity contribution in [3.63, 3.8) is 0 Å². The van der Waals surface area contributed by atoms with E-state index in [0.29, 0.717) is 18.8 Å². The third kappa shape index (κ3) is 3.46. The van der Waals surface area contributed by atoms with Crippen LogP contribution in [0.2, 0.25) is 0 Å². The summed E-state index contributed by atoms with van der Waals surface area (Å²) in [7, 11) is 0. The van der Waals surface area contributed by atoms with Gasteiger partial charge in [-0.15, -0.1) is 6.58 Å². The van der Waals surface area contributed by atoms with Gasteiger partial charge in [-0.1, -0.05) is 13.0 Å². The van der Waals surface area contributed by atoms with E-state index in [1.165, 1.54) is 0 Å². The van der Waals surface area contributed by atoms with Gasteiger partial charge < -0.3 is 14.6 Å². The summed E-state index contributed by atoms with van der Waals surface area (Å²) < 4.78 is 1.94. The van der Waals surface area contributed by atoms with Crippen molar-refractivity contribution in [2.24, 2.45) is 0 Å². The molecule has 1 aromatic rings. The summed E-state index contributed by atoms with van der Waals surface area (Å²) in [4.78, 5) is 13.8. The van der Waals surface area contributed by atoms with Crippen LogP contribution in [0.15, 0.2) is 31.0 Å². The summed E-state index contributed by atoms with van der Waals surface area (Å²) >= 11 is 0. The topological polar surface area (TPSA) is 45.5 Å². The minimum absolute atomic E-state index is 0.0337. The Balaban J connectivity index is 2.84. The van der Waals surface area contributed by atoms with Gasteiger partial charge in [0.2, 0.25) is 0 Å². The molecule has 0 aliphatic carbocycles. The summed E-state index contributed by atoms with van der Waals surface area (Å²) in [5, 5.41) is 8.95. The Bertz CT molecular complexity index is 371. The van der Waals surface area contributed by atoms with Gasteiger partial charge in [0.25, 0.3) is 5.91 Å². The fourth-order valence-corrected chi connectivity index (χ4v) is 1.76. The molecule has 0 unspecified atom stereocenters. The Morgan fingerprint density at radius 1 is 1.65 bits per heavy atom. The number of rotatable bonds is 7. The highest BCUT2D eigenvalue weighted by Crippen LogP contribution is 2.08. The van der Waals surface area contributed by atoms with Crippen molar-refractivity contribution in [3.8, 4) is 0 Å². The Labute approximate surface area is 102 Å². The lowest BCUT2D eigenvalue weighted by Gasteiger charge is -2.20. The number of carbonyl (C=O) groups is 1. The lowest BCUT2D eigenvalue weighted by Crippen LogP contribution is -2.35. The molecule has 4 heteroatoms. The Hall–Kier alpha value is -1.55. The van der Waals surface area contributed by atoms with Crippen molar-refractivity contribution in [2.75, 3.05) is 19.7 Å². The SMILES string of the molecule is C=CCN(CCO)C(=O)c1cccn1CCC. The molecule has 94 valence electrons. The lowest BCUT2D eigenvalue weighted by atomic mass is 10.3. The first-order valence-corrected chi connectivity index (χ1v) is 5.90. The van der Waals surface area contributed by atoms with Crippen molar-refractivity contribution in [3.05, 3.63) is 36.7 Å². The number of aliphatic hydroxyl groups excluding tert-OH is 1. The highest BCUT2D eigenvalue weighted by Gasteiger charge is 2.16. The van der Waals surface area contributed by atoms with E-state index in [9.17, 15) is 4.79 Å². The summed E-state index contributed by atoms with van der Waals surface area (Å²) in [5.74, 6) is -0.0580. The molecule has 0 saturated heterocycles. The van der Waals surface area contributed by atoms with Crippen molar-refractivity contribution in [2.45, 2.75) is 19.9 Å². The molecule has 0 aliphatic heterocycles. The Morgan fingerprint density at radius 3 is 3.00 bits per heavy atom. The van der Waals surface area contributed by atoms with Crippen LogP contribution in [0, 0.1) is 0 Å². The minimum Gasteiger partial charge on any atom is -0.395 e. The van der Waals surface area contributed by atoms with Gasteiger partial charge in [0.15, 0.2) is 0 Å². The van der Waals surface area contributed by atoms with Crippen LogP contribution < -0.4 is 0 Å². The van der Waals surface area contributed by atoms with E-state index in [1.807, 2.05) is 22.9 Å². The molecule has 1 N–H and O–H groups in total. The molecule has 17 heavy (non-hydrogen) atoms. The molecule has 0 atom stereocenters. The molecule has 1 rings (SSSR count). The molecule has 1 aromatic heterocycles. The molecular weight excluding hydrogens is 216 g/mol. The molecule has 0 bridgehead atoms. The first kappa shape index (κ1) is 13.5. The van der Waals surface area contributed by atoms with Crippen LogP contribution in [0.3, 0.4) is 0 Å². The van der Waals surface area contributed by atoms with Gasteiger partial charge in [0.05, 0.1) is 6.61 Å². The van der Waals surface area contributed by atoms with Crippen LogP contribution in [0.5, 0.6) is 0 Å².